The molecule has 1 aromatic heterocycles. The maximum absolute atomic E-state index is 13.6. The van der Waals surface area contributed by atoms with Crippen LogP contribution in [0.3, 0.4) is 0 Å². The molecule has 2 atom stereocenters. The van der Waals surface area contributed by atoms with E-state index in [1.807, 2.05) is 72.6 Å². The lowest BCUT2D eigenvalue weighted by atomic mass is 9.72. The van der Waals surface area contributed by atoms with Crippen molar-refractivity contribution in [1.29, 1.82) is 0 Å². The molecule has 0 saturated carbocycles. The van der Waals surface area contributed by atoms with Crippen LogP contribution in [-0.4, -0.2) is 46.0 Å². The second-order valence-corrected chi connectivity index (χ2v) is 12.2. The average Bonchev–Trinajstić information content (AvgIpc) is 3.00. The van der Waals surface area contributed by atoms with E-state index in [9.17, 15) is 9.90 Å². The summed E-state index contributed by atoms with van der Waals surface area (Å²) in [6.07, 6.45) is 2.94. The number of amides is 1. The third-order valence-corrected chi connectivity index (χ3v) is 8.80. The Morgan fingerprint density at radius 1 is 1.10 bits per heavy atom. The van der Waals surface area contributed by atoms with Gasteiger partial charge in [0.25, 0.3) is 5.91 Å². The molecule has 6 nitrogen and oxygen atoms in total. The number of likely N-dealkylation sites (tertiary alicyclic amines) is 1. The number of rotatable bonds is 9. The molecule has 4 aromatic rings. The number of para-hydroxylation sites is 1. The molecule has 5 rings (SSSR count). The quantitative estimate of drug-likeness (QED) is 0.215. The molecule has 0 unspecified atom stereocenters. The first kappa shape index (κ1) is 30.1. The minimum atomic E-state index is -1.21. The maximum atomic E-state index is 13.6. The van der Waals surface area contributed by atoms with Crippen molar-refractivity contribution in [2.75, 3.05) is 20.1 Å². The highest BCUT2D eigenvalue weighted by atomic mass is 35.5. The molecule has 42 heavy (non-hydrogen) atoms. The van der Waals surface area contributed by atoms with Gasteiger partial charge in [0.1, 0.15) is 0 Å². The Hall–Kier alpha value is -3.32. The number of halogens is 1. The molecule has 1 saturated heterocycles. The van der Waals surface area contributed by atoms with Gasteiger partial charge in [0.15, 0.2) is 5.82 Å². The number of nitrogens with one attached hydrogen (secondary N) is 1. The van der Waals surface area contributed by atoms with Crippen LogP contribution in [0.1, 0.15) is 79.6 Å². The predicted octanol–water partition coefficient (Wildman–Crippen LogP) is 7.33. The van der Waals surface area contributed by atoms with Gasteiger partial charge in [-0.25, -0.2) is 9.97 Å². The second kappa shape index (κ2) is 12.9. The zero-order chi connectivity index (χ0) is 29.9. The summed E-state index contributed by atoms with van der Waals surface area (Å²) in [4.78, 5) is 25.5. The lowest BCUT2D eigenvalue weighted by Crippen LogP contribution is -2.48. The van der Waals surface area contributed by atoms with E-state index >= 15 is 0 Å². The number of benzene rings is 3. The van der Waals surface area contributed by atoms with Crippen molar-refractivity contribution in [2.24, 2.45) is 5.92 Å². The highest BCUT2D eigenvalue weighted by Crippen LogP contribution is 2.45. The number of aliphatic hydroxyl groups is 1. The molecule has 1 amide bonds. The zero-order valence-corrected chi connectivity index (χ0v) is 25.8. The molecule has 3 aromatic carbocycles. The first-order valence-electron chi connectivity index (χ1n) is 15.1. The van der Waals surface area contributed by atoms with Crippen LogP contribution in [0.4, 0.5) is 0 Å². The topological polar surface area (TPSA) is 78.4 Å². The number of aromatic nitrogens is 2. The molecular formula is C35H41ClN4O2. The van der Waals surface area contributed by atoms with Crippen molar-refractivity contribution in [3.05, 3.63) is 94.1 Å². The van der Waals surface area contributed by atoms with E-state index in [2.05, 4.69) is 32.2 Å². The highest BCUT2D eigenvalue weighted by molar-refractivity contribution is 6.33. The van der Waals surface area contributed by atoms with Crippen molar-refractivity contribution in [2.45, 2.75) is 64.5 Å². The molecule has 0 aliphatic carbocycles. The van der Waals surface area contributed by atoms with Crippen molar-refractivity contribution < 1.29 is 9.90 Å². The number of piperidine rings is 1. The average molecular weight is 585 g/mol. The normalized spacial score (nSPS) is 17.0. The van der Waals surface area contributed by atoms with Gasteiger partial charge in [0.05, 0.1) is 21.8 Å². The van der Waals surface area contributed by atoms with Crippen LogP contribution in [-0.2, 0) is 12.1 Å². The molecule has 1 fully saturated rings. The van der Waals surface area contributed by atoms with Gasteiger partial charge in [-0.2, -0.15) is 0 Å². The Balaban J connectivity index is 1.54. The second-order valence-electron chi connectivity index (χ2n) is 11.8. The molecule has 0 bridgehead atoms. The van der Waals surface area contributed by atoms with Crippen molar-refractivity contribution in [3.63, 3.8) is 0 Å². The number of hydrogen-bond acceptors (Lipinski definition) is 5. The van der Waals surface area contributed by atoms with Gasteiger partial charge in [-0.15, -0.1) is 0 Å². The monoisotopic (exact) mass is 584 g/mol. The van der Waals surface area contributed by atoms with Crippen LogP contribution in [0.25, 0.3) is 22.3 Å². The summed E-state index contributed by atoms with van der Waals surface area (Å²) >= 11 is 6.93. The van der Waals surface area contributed by atoms with Crippen molar-refractivity contribution in [3.8, 4) is 11.4 Å². The standard InChI is InChI=1S/C35H41ClN4O2/c1-5-19-35(42,26-10-9-20-40(22-26)34(41)25-17-15-24(16-18-25)21-37-4)28-12-8-13-29(36)31(28)33-38-30-14-7-6-11-27(30)32(39-33)23(2)3/h6-8,11-18,23,26,37,42H,5,9-10,19-22H2,1-4H3/t26-,35+/m1/s1. The van der Waals surface area contributed by atoms with E-state index in [0.29, 0.717) is 41.5 Å². The van der Waals surface area contributed by atoms with E-state index in [1.165, 1.54) is 0 Å². The molecule has 1 aliphatic rings. The number of fused-ring (bicyclic) bond motifs is 1. The molecule has 0 radical (unpaired) electrons. The summed E-state index contributed by atoms with van der Waals surface area (Å²) in [6, 6.07) is 21.5. The smallest absolute Gasteiger partial charge is 0.253 e. The molecule has 2 heterocycles. The minimum absolute atomic E-state index is 0.000288. The first-order valence-corrected chi connectivity index (χ1v) is 15.5. The van der Waals surface area contributed by atoms with Crippen LogP contribution in [0.5, 0.6) is 0 Å². The van der Waals surface area contributed by atoms with Gasteiger partial charge in [-0.05, 0) is 67.6 Å². The molecule has 7 heteroatoms. The molecule has 220 valence electrons. The lowest BCUT2D eigenvalue weighted by Gasteiger charge is -2.43. The highest BCUT2D eigenvalue weighted by Gasteiger charge is 2.43. The Morgan fingerprint density at radius 3 is 2.57 bits per heavy atom. The fourth-order valence-corrected chi connectivity index (χ4v) is 6.67. The predicted molar refractivity (Wildman–Crippen MR) is 171 cm³/mol. The van der Waals surface area contributed by atoms with Gasteiger partial charge < -0.3 is 15.3 Å². The molecule has 0 spiro atoms. The van der Waals surface area contributed by atoms with Gasteiger partial charge in [-0.1, -0.05) is 81.3 Å². The number of carbonyl (C=O) groups is 1. The molecule has 1 aliphatic heterocycles. The van der Waals surface area contributed by atoms with Crippen LogP contribution in [0.2, 0.25) is 5.02 Å². The number of hydrogen-bond donors (Lipinski definition) is 2. The largest absolute Gasteiger partial charge is 0.385 e. The Bertz CT molecular complexity index is 1550. The Labute approximate surface area is 254 Å². The number of nitrogens with zero attached hydrogens (tertiary/aromatic N) is 3. The maximum Gasteiger partial charge on any atom is 0.253 e. The number of carbonyl (C=O) groups excluding carboxylic acids is 1. The summed E-state index contributed by atoms with van der Waals surface area (Å²) in [6.45, 7) is 8.23. The summed E-state index contributed by atoms with van der Waals surface area (Å²) in [5.41, 5.74) is 3.81. The lowest BCUT2D eigenvalue weighted by molar-refractivity contribution is -0.0556. The van der Waals surface area contributed by atoms with E-state index in [-0.39, 0.29) is 17.7 Å². The fraction of sp³-hybridized carbons (Fsp3) is 0.400. The third kappa shape index (κ3) is 5.94. The van der Waals surface area contributed by atoms with Crippen molar-refractivity contribution in [1.82, 2.24) is 20.2 Å². The van der Waals surface area contributed by atoms with E-state index in [4.69, 9.17) is 21.6 Å². The summed E-state index contributed by atoms with van der Waals surface area (Å²) in [7, 11) is 1.91. The van der Waals surface area contributed by atoms with Crippen LogP contribution >= 0.6 is 11.6 Å². The first-order chi connectivity index (χ1) is 20.3. The van der Waals surface area contributed by atoms with Crippen LogP contribution < -0.4 is 5.32 Å². The van der Waals surface area contributed by atoms with E-state index in [1.54, 1.807) is 0 Å². The van der Waals surface area contributed by atoms with Gasteiger partial charge in [-0.3, -0.25) is 4.79 Å². The summed E-state index contributed by atoms with van der Waals surface area (Å²) in [5, 5.41) is 17.3. The molecular weight excluding hydrogens is 544 g/mol. The Morgan fingerprint density at radius 2 is 1.86 bits per heavy atom. The van der Waals surface area contributed by atoms with Crippen LogP contribution in [0.15, 0.2) is 66.7 Å². The van der Waals surface area contributed by atoms with E-state index < -0.39 is 5.60 Å². The zero-order valence-electron chi connectivity index (χ0n) is 25.0. The van der Waals surface area contributed by atoms with Gasteiger partial charge >= 0.3 is 0 Å². The van der Waals surface area contributed by atoms with E-state index in [0.717, 1.165) is 53.5 Å². The van der Waals surface area contributed by atoms with Crippen molar-refractivity contribution >= 4 is 28.4 Å². The molecule has 2 N–H and O–H groups in total. The Kier molecular flexibility index (Phi) is 9.26. The third-order valence-electron chi connectivity index (χ3n) is 8.48. The minimum Gasteiger partial charge on any atom is -0.385 e. The summed E-state index contributed by atoms with van der Waals surface area (Å²) in [5.74, 6) is 0.543. The van der Waals surface area contributed by atoms with Gasteiger partial charge in [0, 0.05) is 42.1 Å². The summed E-state index contributed by atoms with van der Waals surface area (Å²) < 4.78 is 0. The van der Waals surface area contributed by atoms with Crippen LogP contribution in [0, 0.1) is 5.92 Å². The SMILES string of the molecule is CCC[C@@](O)(c1cccc(Cl)c1-c1nc(C(C)C)c2ccccc2n1)[C@@H]1CCCN(C(=O)c2ccc(CNC)cc2)C1. The fourth-order valence-electron chi connectivity index (χ4n) is 6.41. The van der Waals surface area contributed by atoms with Gasteiger partial charge in [0.2, 0.25) is 0 Å².